The lowest BCUT2D eigenvalue weighted by molar-refractivity contribution is -0.384. The second-order valence-electron chi connectivity index (χ2n) is 9.73. The van der Waals surface area contributed by atoms with Gasteiger partial charge < -0.3 is 10.1 Å². The maximum Gasteiger partial charge on any atom is 0.355 e. The number of nitro groups is 1. The zero-order chi connectivity index (χ0) is 33.2. The third-order valence-corrected chi connectivity index (χ3v) is 10.5. The van der Waals surface area contributed by atoms with Gasteiger partial charge in [0.15, 0.2) is 0 Å². The SMILES string of the molecule is O=C(N/N=C\c1ccccc1OC(=O)c1sc2cc(Br)ccc2c1Cl)c1ccc(NC(=O)c2sc3cc([N+](=O)[O-])ccc3c2Cl)cc1. The number of halogens is 3. The van der Waals surface area contributed by atoms with Crippen molar-refractivity contribution in [1.82, 2.24) is 5.43 Å². The van der Waals surface area contributed by atoms with Crippen LogP contribution in [0.4, 0.5) is 11.4 Å². The number of carbonyl (C=O) groups excluding carboxylic acids is 3. The van der Waals surface area contributed by atoms with Crippen LogP contribution < -0.4 is 15.5 Å². The smallest absolute Gasteiger partial charge is 0.355 e. The van der Waals surface area contributed by atoms with Gasteiger partial charge in [-0.1, -0.05) is 57.3 Å². The fraction of sp³-hybridized carbons (Fsp3) is 0. The Morgan fingerprint density at radius 1 is 0.851 bits per heavy atom. The van der Waals surface area contributed by atoms with Crippen molar-refractivity contribution in [3.05, 3.63) is 130 Å². The first-order chi connectivity index (χ1) is 22.6. The third kappa shape index (κ3) is 6.89. The number of rotatable bonds is 8. The summed E-state index contributed by atoms with van der Waals surface area (Å²) in [7, 11) is 0. The number of fused-ring (bicyclic) bond motifs is 2. The lowest BCUT2D eigenvalue weighted by Gasteiger charge is -2.07. The van der Waals surface area contributed by atoms with Gasteiger partial charge in [0.2, 0.25) is 0 Å². The number of nitrogens with one attached hydrogen (secondary N) is 2. The van der Waals surface area contributed by atoms with Crippen molar-refractivity contribution in [3.8, 4) is 5.75 Å². The molecule has 0 saturated carbocycles. The van der Waals surface area contributed by atoms with Gasteiger partial charge in [-0.2, -0.15) is 5.10 Å². The van der Waals surface area contributed by atoms with Crippen LogP contribution in [0, 0.1) is 10.1 Å². The van der Waals surface area contributed by atoms with Gasteiger partial charge in [-0.15, -0.1) is 22.7 Å². The van der Waals surface area contributed by atoms with Crippen LogP contribution in [0.2, 0.25) is 10.0 Å². The zero-order valence-corrected chi connectivity index (χ0v) is 28.2. The molecule has 0 saturated heterocycles. The van der Waals surface area contributed by atoms with E-state index in [-0.39, 0.29) is 31.8 Å². The number of para-hydroxylation sites is 1. The van der Waals surface area contributed by atoms with Gasteiger partial charge in [0.05, 0.1) is 21.2 Å². The average Bonchev–Trinajstić information content (AvgIpc) is 3.57. The van der Waals surface area contributed by atoms with Gasteiger partial charge in [-0.05, 0) is 54.6 Å². The van der Waals surface area contributed by atoms with Crippen molar-refractivity contribution in [3.63, 3.8) is 0 Å². The predicted molar refractivity (Wildman–Crippen MR) is 189 cm³/mol. The summed E-state index contributed by atoms with van der Waals surface area (Å²) in [4.78, 5) is 49.7. The Hall–Kier alpha value is -4.66. The molecule has 0 radical (unpaired) electrons. The quantitative estimate of drug-likeness (QED) is 0.0520. The number of carbonyl (C=O) groups is 3. The minimum atomic E-state index is -0.622. The molecule has 0 aliphatic heterocycles. The molecule has 0 unspecified atom stereocenters. The van der Waals surface area contributed by atoms with E-state index in [1.165, 1.54) is 60.0 Å². The van der Waals surface area contributed by atoms with Gasteiger partial charge in [-0.3, -0.25) is 19.7 Å². The molecule has 0 fully saturated rings. The van der Waals surface area contributed by atoms with E-state index in [1.54, 1.807) is 24.3 Å². The lowest BCUT2D eigenvalue weighted by atomic mass is 10.2. The van der Waals surface area contributed by atoms with Crippen LogP contribution in [-0.4, -0.2) is 28.9 Å². The summed E-state index contributed by atoms with van der Waals surface area (Å²) < 4.78 is 7.84. The van der Waals surface area contributed by atoms with Crippen molar-refractivity contribution in [2.75, 3.05) is 5.32 Å². The predicted octanol–water partition coefficient (Wildman–Crippen LogP) is 9.33. The topological polar surface area (TPSA) is 140 Å². The zero-order valence-electron chi connectivity index (χ0n) is 23.5. The number of non-ortho nitro benzene ring substituents is 1. The molecular formula is C32H17BrCl2N4O6S2. The lowest BCUT2D eigenvalue weighted by Crippen LogP contribution is -2.18. The molecule has 2 aromatic heterocycles. The van der Waals surface area contributed by atoms with Crippen LogP contribution >= 0.6 is 61.8 Å². The molecule has 15 heteroatoms. The number of hydrogen-bond donors (Lipinski definition) is 2. The molecular weight excluding hydrogens is 751 g/mol. The van der Waals surface area contributed by atoms with Gasteiger partial charge in [-0.25, -0.2) is 10.2 Å². The number of benzene rings is 4. The molecule has 4 aromatic carbocycles. The van der Waals surface area contributed by atoms with Crippen molar-refractivity contribution < 1.29 is 24.0 Å². The number of nitrogens with zero attached hydrogens (tertiary/aromatic N) is 2. The van der Waals surface area contributed by atoms with Crippen LogP contribution in [0.15, 0.2) is 94.5 Å². The van der Waals surface area contributed by atoms with Crippen molar-refractivity contribution in [2.45, 2.75) is 0 Å². The van der Waals surface area contributed by atoms with Crippen molar-refractivity contribution in [2.24, 2.45) is 5.10 Å². The monoisotopic (exact) mass is 766 g/mol. The molecule has 6 rings (SSSR count). The molecule has 0 aliphatic carbocycles. The number of thiophene rings is 2. The summed E-state index contributed by atoms with van der Waals surface area (Å²) in [6, 6.07) is 22.5. The molecule has 0 spiro atoms. The molecule has 6 aromatic rings. The summed E-state index contributed by atoms with van der Waals surface area (Å²) >= 11 is 18.5. The van der Waals surface area contributed by atoms with E-state index in [1.807, 2.05) is 18.2 Å². The number of amides is 2. The molecule has 0 bridgehead atoms. The van der Waals surface area contributed by atoms with Crippen LogP contribution in [0.25, 0.3) is 20.2 Å². The van der Waals surface area contributed by atoms with E-state index < -0.39 is 22.7 Å². The first-order valence-electron chi connectivity index (χ1n) is 13.4. The highest BCUT2D eigenvalue weighted by molar-refractivity contribution is 9.10. The average molecular weight is 768 g/mol. The molecule has 0 atom stereocenters. The van der Waals surface area contributed by atoms with Crippen LogP contribution in [0.5, 0.6) is 5.75 Å². The molecule has 2 amide bonds. The van der Waals surface area contributed by atoms with E-state index in [4.69, 9.17) is 27.9 Å². The van der Waals surface area contributed by atoms with Crippen molar-refractivity contribution in [1.29, 1.82) is 0 Å². The standard InChI is InChI=1S/C32H17BrCl2N4O6S2/c33-18-7-11-21-24(13-18)47-29(27(21)35)32(42)45-23-4-2-1-3-17(23)15-36-38-30(40)16-5-8-19(9-6-16)37-31(41)28-26(34)22-12-10-20(39(43)44)14-25(22)46-28/h1-15H,(H,37,41)(H,38,40)/b36-15-. The third-order valence-electron chi connectivity index (χ3n) is 6.70. The fourth-order valence-corrected chi connectivity index (χ4v) is 7.81. The first kappa shape index (κ1) is 32.3. The summed E-state index contributed by atoms with van der Waals surface area (Å²) in [5.74, 6) is -1.42. The highest BCUT2D eigenvalue weighted by Crippen LogP contribution is 2.39. The van der Waals surface area contributed by atoms with Gasteiger partial charge in [0.1, 0.15) is 15.5 Å². The maximum atomic E-state index is 13.0. The molecule has 2 heterocycles. The van der Waals surface area contributed by atoms with E-state index >= 15 is 0 Å². The Bertz CT molecular complexity index is 2270. The Kier molecular flexibility index (Phi) is 9.34. The number of nitro benzene ring substituents is 1. The second kappa shape index (κ2) is 13.6. The second-order valence-corrected chi connectivity index (χ2v) is 13.5. The molecule has 0 aliphatic rings. The molecule has 10 nitrogen and oxygen atoms in total. The Morgan fingerprint density at radius 2 is 1.51 bits per heavy atom. The van der Waals surface area contributed by atoms with E-state index in [9.17, 15) is 24.5 Å². The van der Waals surface area contributed by atoms with Gasteiger partial charge >= 0.3 is 5.97 Å². The highest BCUT2D eigenvalue weighted by atomic mass is 79.9. The Balaban J connectivity index is 1.09. The largest absolute Gasteiger partial charge is 0.422 e. The molecule has 47 heavy (non-hydrogen) atoms. The number of ether oxygens (including phenoxy) is 1. The minimum Gasteiger partial charge on any atom is -0.422 e. The highest BCUT2D eigenvalue weighted by Gasteiger charge is 2.21. The molecule has 2 N–H and O–H groups in total. The van der Waals surface area contributed by atoms with Gasteiger partial charge in [0.25, 0.3) is 17.5 Å². The molecule has 234 valence electrons. The summed E-state index contributed by atoms with van der Waals surface area (Å²) in [5, 5.41) is 19.6. The van der Waals surface area contributed by atoms with Crippen LogP contribution in [0.1, 0.15) is 35.3 Å². The van der Waals surface area contributed by atoms with Crippen molar-refractivity contribution >= 4 is 117 Å². The number of esters is 1. The normalized spacial score (nSPS) is 11.2. The summed E-state index contributed by atoms with van der Waals surface area (Å²) in [6.45, 7) is 0. The Morgan fingerprint density at radius 3 is 2.26 bits per heavy atom. The first-order valence-corrected chi connectivity index (χ1v) is 16.6. The summed E-state index contributed by atoms with van der Waals surface area (Å²) in [6.07, 6.45) is 1.35. The van der Waals surface area contributed by atoms with E-state index in [0.717, 1.165) is 25.9 Å². The number of hydrogen-bond acceptors (Lipinski definition) is 9. The van der Waals surface area contributed by atoms with Crippen LogP contribution in [0.3, 0.4) is 0 Å². The minimum absolute atomic E-state index is 0.102. The number of hydrazone groups is 1. The van der Waals surface area contributed by atoms with Crippen LogP contribution in [-0.2, 0) is 0 Å². The Labute approximate surface area is 291 Å². The number of anilines is 1. The summed E-state index contributed by atoms with van der Waals surface area (Å²) in [5.41, 5.74) is 3.43. The fourth-order valence-electron chi connectivity index (χ4n) is 4.43. The maximum absolute atomic E-state index is 13.0. The van der Waals surface area contributed by atoms with E-state index in [0.29, 0.717) is 26.4 Å². The van der Waals surface area contributed by atoms with Gasteiger partial charge in [0, 0.05) is 53.6 Å². The van der Waals surface area contributed by atoms with E-state index in [2.05, 4.69) is 31.8 Å².